The molecule has 1 nitrogen and oxygen atoms in total. The summed E-state index contributed by atoms with van der Waals surface area (Å²) in [7, 11) is 0. The summed E-state index contributed by atoms with van der Waals surface area (Å²) in [6.45, 7) is 2.77. The van der Waals surface area contributed by atoms with Gasteiger partial charge in [-0.3, -0.25) is 0 Å². The molecule has 0 radical (unpaired) electrons. The predicted octanol–water partition coefficient (Wildman–Crippen LogP) is 4.46. The van der Waals surface area contributed by atoms with Gasteiger partial charge < -0.3 is 5.32 Å². The van der Waals surface area contributed by atoms with Gasteiger partial charge in [0.1, 0.15) is 0 Å². The van der Waals surface area contributed by atoms with E-state index in [1.807, 2.05) is 31.2 Å². The van der Waals surface area contributed by atoms with Crippen LogP contribution < -0.4 is 5.32 Å². The average Bonchev–Trinajstić information content (AvgIpc) is 2.44. The second-order valence-corrected chi connectivity index (χ2v) is 5.82. The lowest BCUT2D eigenvalue weighted by atomic mass is 9.98. The van der Waals surface area contributed by atoms with Crippen molar-refractivity contribution in [1.29, 1.82) is 0 Å². The van der Waals surface area contributed by atoms with Crippen LogP contribution in [0.15, 0.2) is 42.5 Å². The van der Waals surface area contributed by atoms with Crippen molar-refractivity contribution in [2.75, 3.05) is 6.54 Å². The van der Waals surface area contributed by atoms with Gasteiger partial charge >= 0.3 is 0 Å². The number of halogens is 3. The normalized spacial score (nSPS) is 12.4. The molecule has 20 heavy (non-hydrogen) atoms. The molecule has 0 aliphatic rings. The highest BCUT2D eigenvalue weighted by Crippen LogP contribution is 2.22. The summed E-state index contributed by atoms with van der Waals surface area (Å²) in [5, 5.41) is 3.32. The minimum absolute atomic E-state index is 0.0201. The SMILES string of the molecule is CCNC(Cc1cccc(F)c1F)c1ccc(I)cc1. The van der Waals surface area contributed by atoms with E-state index >= 15 is 0 Å². The first-order chi connectivity index (χ1) is 9.61. The van der Waals surface area contributed by atoms with Crippen molar-refractivity contribution in [2.45, 2.75) is 19.4 Å². The second kappa shape index (κ2) is 7.13. The highest BCUT2D eigenvalue weighted by atomic mass is 127. The van der Waals surface area contributed by atoms with Crippen LogP contribution in [0.5, 0.6) is 0 Å². The molecule has 1 unspecified atom stereocenters. The molecule has 1 atom stereocenters. The van der Waals surface area contributed by atoms with Gasteiger partial charge in [-0.2, -0.15) is 0 Å². The van der Waals surface area contributed by atoms with E-state index in [4.69, 9.17) is 0 Å². The number of rotatable bonds is 5. The van der Waals surface area contributed by atoms with E-state index in [0.29, 0.717) is 12.0 Å². The van der Waals surface area contributed by atoms with E-state index in [9.17, 15) is 8.78 Å². The third-order valence-electron chi connectivity index (χ3n) is 3.18. The van der Waals surface area contributed by atoms with Gasteiger partial charge in [0.25, 0.3) is 0 Å². The molecule has 0 amide bonds. The number of hydrogen-bond acceptors (Lipinski definition) is 1. The topological polar surface area (TPSA) is 12.0 Å². The van der Waals surface area contributed by atoms with Crippen LogP contribution in [0.25, 0.3) is 0 Å². The Morgan fingerprint density at radius 2 is 1.80 bits per heavy atom. The third-order valence-corrected chi connectivity index (χ3v) is 3.90. The zero-order valence-electron chi connectivity index (χ0n) is 11.2. The maximum absolute atomic E-state index is 13.8. The smallest absolute Gasteiger partial charge is 0.162 e. The monoisotopic (exact) mass is 387 g/mol. The third kappa shape index (κ3) is 3.76. The first-order valence-corrected chi connectivity index (χ1v) is 7.61. The summed E-state index contributed by atoms with van der Waals surface area (Å²) < 4.78 is 28.2. The summed E-state index contributed by atoms with van der Waals surface area (Å²) in [5.41, 5.74) is 1.48. The molecule has 0 bridgehead atoms. The van der Waals surface area contributed by atoms with Gasteiger partial charge in [0, 0.05) is 9.61 Å². The summed E-state index contributed by atoms with van der Waals surface area (Å²) in [6, 6.07) is 12.4. The lowest BCUT2D eigenvalue weighted by molar-refractivity contribution is 0.481. The molecule has 106 valence electrons. The molecule has 0 aromatic heterocycles. The van der Waals surface area contributed by atoms with E-state index in [2.05, 4.69) is 27.9 Å². The molecule has 2 aromatic carbocycles. The van der Waals surface area contributed by atoms with Crippen molar-refractivity contribution in [1.82, 2.24) is 5.32 Å². The molecule has 0 fully saturated rings. The first-order valence-electron chi connectivity index (χ1n) is 6.53. The Hall–Kier alpha value is -1.01. The highest BCUT2D eigenvalue weighted by Gasteiger charge is 2.15. The van der Waals surface area contributed by atoms with Crippen molar-refractivity contribution in [3.63, 3.8) is 0 Å². The highest BCUT2D eigenvalue weighted by molar-refractivity contribution is 14.1. The minimum atomic E-state index is -0.791. The van der Waals surface area contributed by atoms with Gasteiger partial charge in [0.2, 0.25) is 0 Å². The van der Waals surface area contributed by atoms with Crippen LogP contribution in [0.3, 0.4) is 0 Å². The molecular formula is C16H16F2IN. The molecule has 0 saturated carbocycles. The van der Waals surface area contributed by atoms with Gasteiger partial charge in [-0.15, -0.1) is 0 Å². The fraction of sp³-hybridized carbons (Fsp3) is 0.250. The Bertz CT molecular complexity index is 569. The van der Waals surface area contributed by atoms with Crippen molar-refractivity contribution >= 4 is 22.6 Å². The van der Waals surface area contributed by atoms with Gasteiger partial charge in [-0.1, -0.05) is 31.2 Å². The van der Waals surface area contributed by atoms with Crippen LogP contribution >= 0.6 is 22.6 Å². The van der Waals surface area contributed by atoms with Gasteiger partial charge in [0.05, 0.1) is 0 Å². The number of hydrogen-bond donors (Lipinski definition) is 1. The molecule has 2 rings (SSSR count). The first kappa shape index (κ1) is 15.4. The van der Waals surface area contributed by atoms with Crippen LogP contribution in [0.2, 0.25) is 0 Å². The fourth-order valence-electron chi connectivity index (χ4n) is 2.18. The molecule has 0 heterocycles. The predicted molar refractivity (Wildman–Crippen MR) is 85.6 cm³/mol. The fourth-order valence-corrected chi connectivity index (χ4v) is 2.53. The quantitative estimate of drug-likeness (QED) is 0.747. The maximum Gasteiger partial charge on any atom is 0.162 e. The number of benzene rings is 2. The van der Waals surface area contributed by atoms with Crippen LogP contribution in [0.4, 0.5) is 8.78 Å². The molecule has 1 N–H and O–H groups in total. The Balaban J connectivity index is 2.25. The van der Waals surface area contributed by atoms with E-state index in [1.165, 1.54) is 0 Å². The maximum atomic E-state index is 13.8. The summed E-state index contributed by atoms with van der Waals surface area (Å²) in [5.74, 6) is -1.54. The average molecular weight is 387 g/mol. The minimum Gasteiger partial charge on any atom is -0.310 e. The zero-order chi connectivity index (χ0) is 14.5. The van der Waals surface area contributed by atoms with Crippen molar-refractivity contribution in [2.24, 2.45) is 0 Å². The van der Waals surface area contributed by atoms with Crippen molar-refractivity contribution in [3.05, 3.63) is 68.8 Å². The molecule has 0 aliphatic carbocycles. The number of nitrogens with one attached hydrogen (secondary N) is 1. The van der Waals surface area contributed by atoms with Gasteiger partial charge in [-0.05, 0) is 64.9 Å². The van der Waals surface area contributed by atoms with E-state index in [0.717, 1.165) is 21.7 Å². The molecule has 2 aromatic rings. The molecular weight excluding hydrogens is 371 g/mol. The summed E-state index contributed by atoms with van der Waals surface area (Å²) in [4.78, 5) is 0. The van der Waals surface area contributed by atoms with Crippen LogP contribution in [0.1, 0.15) is 24.1 Å². The lowest BCUT2D eigenvalue weighted by Gasteiger charge is -2.19. The Morgan fingerprint density at radius 1 is 1.10 bits per heavy atom. The Labute approximate surface area is 131 Å². The largest absolute Gasteiger partial charge is 0.310 e. The zero-order valence-corrected chi connectivity index (χ0v) is 13.3. The molecule has 4 heteroatoms. The lowest BCUT2D eigenvalue weighted by Crippen LogP contribution is -2.23. The van der Waals surface area contributed by atoms with E-state index in [-0.39, 0.29) is 6.04 Å². The second-order valence-electron chi connectivity index (χ2n) is 4.58. The summed E-state index contributed by atoms with van der Waals surface area (Å²) in [6.07, 6.45) is 0.429. The van der Waals surface area contributed by atoms with E-state index < -0.39 is 11.6 Å². The van der Waals surface area contributed by atoms with Crippen molar-refractivity contribution < 1.29 is 8.78 Å². The van der Waals surface area contributed by atoms with Crippen LogP contribution in [-0.4, -0.2) is 6.54 Å². The number of likely N-dealkylation sites (N-methyl/N-ethyl adjacent to an activating group) is 1. The standard InChI is InChI=1S/C16H16F2IN/c1-2-20-15(11-6-8-13(19)9-7-11)10-12-4-3-5-14(17)16(12)18/h3-9,15,20H,2,10H2,1H3. The van der Waals surface area contributed by atoms with Crippen molar-refractivity contribution in [3.8, 4) is 0 Å². The van der Waals surface area contributed by atoms with E-state index in [1.54, 1.807) is 12.1 Å². The molecule has 0 aliphatic heterocycles. The molecule has 0 spiro atoms. The van der Waals surface area contributed by atoms with Crippen LogP contribution in [-0.2, 0) is 6.42 Å². The Kier molecular flexibility index (Phi) is 5.48. The van der Waals surface area contributed by atoms with Crippen LogP contribution in [0, 0.1) is 15.2 Å². The van der Waals surface area contributed by atoms with Gasteiger partial charge in [0.15, 0.2) is 11.6 Å². The van der Waals surface area contributed by atoms with Gasteiger partial charge in [-0.25, -0.2) is 8.78 Å². The Morgan fingerprint density at radius 3 is 2.45 bits per heavy atom. The summed E-state index contributed by atoms with van der Waals surface area (Å²) >= 11 is 2.24. The molecule has 0 saturated heterocycles.